The summed E-state index contributed by atoms with van der Waals surface area (Å²) in [5.41, 5.74) is -0.122. The van der Waals surface area contributed by atoms with E-state index in [1.165, 1.54) is 6.26 Å². The first kappa shape index (κ1) is 9.91. The van der Waals surface area contributed by atoms with E-state index in [-0.39, 0.29) is 11.4 Å². The first-order valence-electron chi connectivity index (χ1n) is 3.13. The van der Waals surface area contributed by atoms with E-state index in [0.29, 0.717) is 0 Å². The van der Waals surface area contributed by atoms with Crippen molar-refractivity contribution < 1.29 is 8.42 Å². The van der Waals surface area contributed by atoms with Crippen molar-refractivity contribution in [3.8, 4) is 0 Å². The van der Waals surface area contributed by atoms with Gasteiger partial charge >= 0.3 is 0 Å². The molecule has 0 bridgehead atoms. The Hall–Kier alpha value is -0.0900. The molecule has 0 radical (unpaired) electrons. The first-order valence-corrected chi connectivity index (χ1v) is 5.19. The van der Waals surface area contributed by atoms with Crippen molar-refractivity contribution in [1.29, 1.82) is 0 Å². The zero-order valence-corrected chi connectivity index (χ0v) is 7.75. The van der Waals surface area contributed by atoms with E-state index in [2.05, 4.69) is 5.32 Å². The zero-order valence-electron chi connectivity index (χ0n) is 6.93. The molecule has 1 N–H and O–H groups in total. The summed E-state index contributed by atoms with van der Waals surface area (Å²) in [5, 5.41) is 2.87. The highest BCUT2D eigenvalue weighted by molar-refractivity contribution is 7.90. The Morgan fingerprint density at radius 2 is 1.70 bits per heavy atom. The second kappa shape index (κ2) is 2.88. The van der Waals surface area contributed by atoms with E-state index in [1.54, 1.807) is 0 Å². The zero-order chi connectivity index (χ0) is 8.41. The minimum atomic E-state index is -2.87. The van der Waals surface area contributed by atoms with E-state index in [9.17, 15) is 8.42 Å². The molecule has 0 heterocycles. The van der Waals surface area contributed by atoms with Gasteiger partial charge in [0.05, 0.1) is 5.88 Å². The predicted octanol–water partition coefficient (Wildman–Crippen LogP) is 0.377. The molecule has 0 aromatic carbocycles. The van der Waals surface area contributed by atoms with E-state index >= 15 is 0 Å². The molecular formula is C6H15NO2S. The molecule has 0 aliphatic carbocycles. The lowest BCUT2D eigenvalue weighted by Crippen LogP contribution is -2.39. The van der Waals surface area contributed by atoms with Crippen molar-refractivity contribution >= 4 is 9.84 Å². The van der Waals surface area contributed by atoms with Gasteiger partial charge in [0.25, 0.3) is 0 Å². The number of sulfone groups is 1. The molecule has 0 aliphatic heterocycles. The van der Waals surface area contributed by atoms with Crippen molar-refractivity contribution in [3.63, 3.8) is 0 Å². The van der Waals surface area contributed by atoms with Crippen LogP contribution in [0.5, 0.6) is 0 Å². The Balaban J connectivity index is 3.79. The van der Waals surface area contributed by atoms with Crippen LogP contribution in [-0.4, -0.2) is 26.1 Å². The maximum absolute atomic E-state index is 10.6. The largest absolute Gasteiger partial charge is 0.299 e. The van der Waals surface area contributed by atoms with Crippen LogP contribution in [-0.2, 0) is 9.84 Å². The maximum atomic E-state index is 10.6. The molecule has 0 saturated heterocycles. The van der Waals surface area contributed by atoms with Crippen molar-refractivity contribution in [2.24, 2.45) is 0 Å². The highest BCUT2D eigenvalue weighted by Gasteiger charge is 2.11. The van der Waals surface area contributed by atoms with Gasteiger partial charge in [-0.05, 0) is 20.8 Å². The Morgan fingerprint density at radius 1 is 1.30 bits per heavy atom. The quantitative estimate of drug-likeness (QED) is 0.643. The molecule has 0 atom stereocenters. The molecular weight excluding hydrogens is 150 g/mol. The summed E-state index contributed by atoms with van der Waals surface area (Å²) in [6.45, 7) is 5.79. The lowest BCUT2D eigenvalue weighted by Gasteiger charge is -2.19. The van der Waals surface area contributed by atoms with Crippen LogP contribution in [0.1, 0.15) is 20.8 Å². The average molecular weight is 165 g/mol. The summed E-state index contributed by atoms with van der Waals surface area (Å²) >= 11 is 0. The Morgan fingerprint density at radius 3 is 1.80 bits per heavy atom. The highest BCUT2D eigenvalue weighted by atomic mass is 32.2. The topological polar surface area (TPSA) is 46.2 Å². The second-order valence-corrected chi connectivity index (χ2v) is 5.64. The van der Waals surface area contributed by atoms with Crippen molar-refractivity contribution in [3.05, 3.63) is 0 Å². The molecule has 0 amide bonds. The van der Waals surface area contributed by atoms with Crippen LogP contribution >= 0.6 is 0 Å². The van der Waals surface area contributed by atoms with Gasteiger partial charge in [-0.2, -0.15) is 0 Å². The van der Waals surface area contributed by atoms with Gasteiger partial charge in [-0.1, -0.05) is 0 Å². The van der Waals surface area contributed by atoms with Crippen LogP contribution in [0, 0.1) is 0 Å². The Labute approximate surface area is 62.7 Å². The summed E-state index contributed by atoms with van der Waals surface area (Å²) in [6.07, 6.45) is 1.21. The molecule has 0 aromatic rings. The number of hydrogen-bond acceptors (Lipinski definition) is 3. The fraction of sp³-hybridized carbons (Fsp3) is 1.00. The lowest BCUT2D eigenvalue weighted by molar-refractivity contribution is 0.453. The molecule has 0 aliphatic rings. The summed E-state index contributed by atoms with van der Waals surface area (Å²) < 4.78 is 21.2. The summed E-state index contributed by atoms with van der Waals surface area (Å²) in [6, 6.07) is 0. The van der Waals surface area contributed by atoms with Crippen molar-refractivity contribution in [1.82, 2.24) is 5.32 Å². The molecule has 4 heteroatoms. The summed E-state index contributed by atoms with van der Waals surface area (Å²) in [7, 11) is -2.87. The van der Waals surface area contributed by atoms with E-state index in [4.69, 9.17) is 0 Å². The minimum absolute atomic E-state index is 0.0521. The lowest BCUT2D eigenvalue weighted by atomic mass is 10.1. The van der Waals surface area contributed by atoms with Gasteiger partial charge in [-0.15, -0.1) is 0 Å². The Bertz CT molecular complexity index is 188. The fourth-order valence-corrected chi connectivity index (χ4v) is 1.04. The normalized spacial score (nSPS) is 13.6. The van der Waals surface area contributed by atoms with Gasteiger partial charge in [0.1, 0.15) is 0 Å². The number of nitrogens with one attached hydrogen (secondary N) is 1. The third kappa shape index (κ3) is 7.91. The molecule has 0 saturated carbocycles. The van der Waals surface area contributed by atoms with Crippen LogP contribution in [0.4, 0.5) is 0 Å². The SMILES string of the molecule is CC(C)(C)NCS(C)(=O)=O. The van der Waals surface area contributed by atoms with Crippen LogP contribution in [0.15, 0.2) is 0 Å². The molecule has 0 aromatic heterocycles. The van der Waals surface area contributed by atoms with Crippen molar-refractivity contribution in [2.75, 3.05) is 12.1 Å². The third-order valence-corrected chi connectivity index (χ3v) is 1.53. The third-order valence-electron chi connectivity index (χ3n) is 0.865. The monoisotopic (exact) mass is 165 g/mol. The van der Waals surface area contributed by atoms with Gasteiger partial charge < -0.3 is 0 Å². The minimum Gasteiger partial charge on any atom is -0.299 e. The van der Waals surface area contributed by atoms with Crippen LogP contribution in [0.3, 0.4) is 0 Å². The fourth-order valence-electron chi connectivity index (χ4n) is 0.348. The molecule has 62 valence electrons. The summed E-state index contributed by atoms with van der Waals surface area (Å²) in [5.74, 6) is 0.0521. The summed E-state index contributed by atoms with van der Waals surface area (Å²) in [4.78, 5) is 0. The standard InChI is InChI=1S/C6H15NO2S/c1-6(2,3)7-5-10(4,8)9/h7H,5H2,1-4H3. The molecule has 0 fully saturated rings. The van der Waals surface area contributed by atoms with Gasteiger partial charge in [-0.25, -0.2) is 8.42 Å². The molecule has 0 unspecified atom stereocenters. The second-order valence-electron chi connectivity index (χ2n) is 3.50. The van der Waals surface area contributed by atoms with Crippen LogP contribution < -0.4 is 5.32 Å². The predicted molar refractivity (Wildman–Crippen MR) is 42.6 cm³/mol. The van der Waals surface area contributed by atoms with Gasteiger partial charge in [0.15, 0.2) is 9.84 Å². The van der Waals surface area contributed by atoms with Gasteiger partial charge in [0, 0.05) is 11.8 Å². The number of hydrogen-bond donors (Lipinski definition) is 1. The maximum Gasteiger partial charge on any atom is 0.160 e. The highest BCUT2D eigenvalue weighted by Crippen LogP contribution is 1.97. The van der Waals surface area contributed by atoms with Gasteiger partial charge in [0.2, 0.25) is 0 Å². The molecule has 10 heavy (non-hydrogen) atoms. The van der Waals surface area contributed by atoms with E-state index in [1.807, 2.05) is 20.8 Å². The first-order chi connectivity index (χ1) is 4.21. The van der Waals surface area contributed by atoms with E-state index < -0.39 is 9.84 Å². The average Bonchev–Trinajstić information content (AvgIpc) is 1.57. The van der Waals surface area contributed by atoms with Crippen LogP contribution in [0.25, 0.3) is 0 Å². The smallest absolute Gasteiger partial charge is 0.160 e. The van der Waals surface area contributed by atoms with E-state index in [0.717, 1.165) is 0 Å². The van der Waals surface area contributed by atoms with Crippen LogP contribution in [0.2, 0.25) is 0 Å². The van der Waals surface area contributed by atoms with Crippen molar-refractivity contribution in [2.45, 2.75) is 26.3 Å². The molecule has 0 rings (SSSR count). The number of rotatable bonds is 2. The Kier molecular flexibility index (Phi) is 2.86. The molecule has 3 nitrogen and oxygen atoms in total. The molecule has 0 spiro atoms. The van der Waals surface area contributed by atoms with Gasteiger partial charge in [-0.3, -0.25) is 5.32 Å².